The molecule has 0 atom stereocenters. The Balaban J connectivity index is 1.62. The third-order valence-corrected chi connectivity index (χ3v) is 3.47. The van der Waals surface area contributed by atoms with Crippen molar-refractivity contribution in [2.45, 2.75) is 0 Å². The number of hydrazone groups is 1. The number of halogens is 1. The van der Waals surface area contributed by atoms with Gasteiger partial charge in [0, 0.05) is 11.1 Å². The monoisotopic (exact) mass is 338 g/mol. The Labute approximate surface area is 143 Å². The molecule has 126 valence electrons. The molecule has 0 spiro atoms. The molecule has 0 fully saturated rings. The second-order valence-electron chi connectivity index (χ2n) is 5.14. The molecule has 0 radical (unpaired) electrons. The van der Waals surface area contributed by atoms with Crippen LogP contribution in [-0.2, 0) is 0 Å². The molecule has 1 heterocycles. The number of methoxy groups -OCH3 is 1. The fourth-order valence-electron chi connectivity index (χ4n) is 2.15. The number of benzene rings is 2. The van der Waals surface area contributed by atoms with Crippen molar-refractivity contribution in [2.24, 2.45) is 5.10 Å². The third-order valence-electron chi connectivity index (χ3n) is 3.47. The molecule has 2 aromatic carbocycles. The van der Waals surface area contributed by atoms with Crippen LogP contribution < -0.4 is 10.2 Å². The smallest absolute Gasteiger partial charge is 0.271 e. The maximum Gasteiger partial charge on any atom is 0.271 e. The van der Waals surface area contributed by atoms with Crippen LogP contribution in [0.25, 0.3) is 11.3 Å². The van der Waals surface area contributed by atoms with Crippen molar-refractivity contribution in [1.29, 1.82) is 0 Å². The quantitative estimate of drug-likeness (QED) is 0.567. The third kappa shape index (κ3) is 4.11. The molecule has 5 nitrogen and oxygen atoms in total. The molecular formula is C19H15FN2O3. The molecule has 0 aliphatic heterocycles. The molecule has 3 rings (SSSR count). The topological polar surface area (TPSA) is 63.8 Å². The van der Waals surface area contributed by atoms with E-state index in [1.807, 2.05) is 0 Å². The van der Waals surface area contributed by atoms with E-state index in [0.717, 1.165) is 5.56 Å². The van der Waals surface area contributed by atoms with Crippen LogP contribution in [0.5, 0.6) is 5.75 Å². The van der Waals surface area contributed by atoms with Crippen molar-refractivity contribution in [2.75, 3.05) is 7.11 Å². The highest BCUT2D eigenvalue weighted by atomic mass is 19.1. The van der Waals surface area contributed by atoms with E-state index >= 15 is 0 Å². The van der Waals surface area contributed by atoms with Crippen LogP contribution in [0.3, 0.4) is 0 Å². The molecule has 0 aliphatic carbocycles. The Hall–Kier alpha value is -3.41. The van der Waals surface area contributed by atoms with E-state index in [2.05, 4.69) is 10.5 Å². The van der Waals surface area contributed by atoms with Crippen molar-refractivity contribution in [1.82, 2.24) is 5.43 Å². The Kier molecular flexibility index (Phi) is 4.89. The summed E-state index contributed by atoms with van der Waals surface area (Å²) in [5, 5.41) is 3.87. The fraction of sp³-hybridized carbons (Fsp3) is 0.0526. The van der Waals surface area contributed by atoms with Crippen LogP contribution in [0, 0.1) is 5.82 Å². The minimum atomic E-state index is -0.343. The highest BCUT2D eigenvalue weighted by Crippen LogP contribution is 2.21. The summed E-state index contributed by atoms with van der Waals surface area (Å²) in [4.78, 5) is 12.0. The van der Waals surface area contributed by atoms with Gasteiger partial charge in [0.25, 0.3) is 5.91 Å². The fourth-order valence-corrected chi connectivity index (χ4v) is 2.15. The molecule has 6 heteroatoms. The minimum Gasteiger partial charge on any atom is -0.497 e. The van der Waals surface area contributed by atoms with Crippen LogP contribution in [0.15, 0.2) is 70.2 Å². The Morgan fingerprint density at radius 1 is 1.08 bits per heavy atom. The van der Waals surface area contributed by atoms with Gasteiger partial charge in [0.15, 0.2) is 0 Å². The summed E-state index contributed by atoms with van der Waals surface area (Å²) in [6.45, 7) is 0. The summed E-state index contributed by atoms with van der Waals surface area (Å²) in [5.41, 5.74) is 3.64. The average molecular weight is 338 g/mol. The molecule has 1 N–H and O–H groups in total. The summed E-state index contributed by atoms with van der Waals surface area (Å²) >= 11 is 0. The van der Waals surface area contributed by atoms with Gasteiger partial charge < -0.3 is 9.15 Å². The van der Waals surface area contributed by atoms with Gasteiger partial charge in [0.1, 0.15) is 23.1 Å². The van der Waals surface area contributed by atoms with E-state index in [4.69, 9.17) is 9.15 Å². The van der Waals surface area contributed by atoms with Gasteiger partial charge in [-0.25, -0.2) is 9.82 Å². The van der Waals surface area contributed by atoms with Gasteiger partial charge in [0.2, 0.25) is 0 Å². The molecular weight excluding hydrogens is 323 g/mol. The van der Waals surface area contributed by atoms with Crippen LogP contribution >= 0.6 is 0 Å². The number of rotatable bonds is 5. The summed E-state index contributed by atoms with van der Waals surface area (Å²) in [7, 11) is 1.56. The number of carbonyl (C=O) groups excluding carboxylic acids is 1. The van der Waals surface area contributed by atoms with E-state index < -0.39 is 0 Å². The summed E-state index contributed by atoms with van der Waals surface area (Å²) in [6, 6.07) is 16.1. The number of hydrogen-bond acceptors (Lipinski definition) is 4. The van der Waals surface area contributed by atoms with E-state index in [0.29, 0.717) is 22.8 Å². The summed E-state index contributed by atoms with van der Waals surface area (Å²) in [6.07, 6.45) is 1.40. The van der Waals surface area contributed by atoms with E-state index in [1.165, 1.54) is 18.3 Å². The first-order valence-corrected chi connectivity index (χ1v) is 7.49. The zero-order chi connectivity index (χ0) is 17.6. The van der Waals surface area contributed by atoms with Gasteiger partial charge in [-0.3, -0.25) is 4.79 Å². The average Bonchev–Trinajstić information content (AvgIpc) is 3.11. The Bertz CT molecular complexity index is 884. The van der Waals surface area contributed by atoms with Crippen molar-refractivity contribution >= 4 is 12.1 Å². The highest BCUT2D eigenvalue weighted by Gasteiger charge is 2.05. The number of amides is 1. The lowest BCUT2D eigenvalue weighted by molar-refractivity contribution is 0.0955. The number of nitrogens with zero attached hydrogens (tertiary/aromatic N) is 1. The van der Waals surface area contributed by atoms with Crippen LogP contribution in [0.2, 0.25) is 0 Å². The van der Waals surface area contributed by atoms with Crippen LogP contribution in [-0.4, -0.2) is 19.2 Å². The van der Waals surface area contributed by atoms with Crippen molar-refractivity contribution in [3.63, 3.8) is 0 Å². The van der Waals surface area contributed by atoms with Crippen LogP contribution in [0.4, 0.5) is 4.39 Å². The normalized spacial score (nSPS) is 10.8. The molecule has 25 heavy (non-hydrogen) atoms. The zero-order valence-corrected chi connectivity index (χ0v) is 13.4. The molecule has 0 unspecified atom stereocenters. The highest BCUT2D eigenvalue weighted by molar-refractivity contribution is 5.94. The molecule has 1 amide bonds. The van der Waals surface area contributed by atoms with Gasteiger partial charge in [0.05, 0.1) is 13.3 Å². The second-order valence-corrected chi connectivity index (χ2v) is 5.14. The SMILES string of the molecule is COc1ccc(C(=O)N/N=C\c2ccc(-c3ccc(F)cc3)o2)cc1. The minimum absolute atomic E-state index is 0.307. The van der Waals surface area contributed by atoms with E-state index in [-0.39, 0.29) is 11.7 Å². The molecule has 1 aromatic heterocycles. The van der Waals surface area contributed by atoms with Gasteiger partial charge in [-0.05, 0) is 60.7 Å². The number of carbonyl (C=O) groups is 1. The van der Waals surface area contributed by atoms with Crippen molar-refractivity contribution in [3.8, 4) is 17.1 Å². The zero-order valence-electron chi connectivity index (χ0n) is 13.4. The molecule has 0 aliphatic rings. The lowest BCUT2D eigenvalue weighted by Crippen LogP contribution is -2.17. The molecule has 3 aromatic rings. The molecule has 0 saturated carbocycles. The number of furan rings is 1. The summed E-state index contributed by atoms with van der Waals surface area (Å²) < 4.78 is 23.6. The number of ether oxygens (including phenoxy) is 1. The Morgan fingerprint density at radius 3 is 2.48 bits per heavy atom. The maximum absolute atomic E-state index is 12.9. The molecule has 0 saturated heterocycles. The largest absolute Gasteiger partial charge is 0.497 e. The van der Waals surface area contributed by atoms with Crippen molar-refractivity contribution < 1.29 is 18.3 Å². The van der Waals surface area contributed by atoms with Gasteiger partial charge in [-0.2, -0.15) is 5.10 Å². The van der Waals surface area contributed by atoms with Gasteiger partial charge >= 0.3 is 0 Å². The van der Waals surface area contributed by atoms with E-state index in [1.54, 1.807) is 55.6 Å². The predicted molar refractivity (Wildman–Crippen MR) is 92.2 cm³/mol. The van der Waals surface area contributed by atoms with Gasteiger partial charge in [-0.1, -0.05) is 0 Å². The number of hydrogen-bond donors (Lipinski definition) is 1. The maximum atomic E-state index is 12.9. The Morgan fingerprint density at radius 2 is 1.80 bits per heavy atom. The number of nitrogens with one attached hydrogen (secondary N) is 1. The van der Waals surface area contributed by atoms with Crippen molar-refractivity contribution in [3.05, 3.63) is 77.8 Å². The first kappa shape index (κ1) is 16.4. The van der Waals surface area contributed by atoms with Crippen LogP contribution in [0.1, 0.15) is 16.1 Å². The predicted octanol–water partition coefficient (Wildman–Crippen LogP) is 3.86. The second kappa shape index (κ2) is 7.44. The molecule has 0 bridgehead atoms. The first-order valence-electron chi connectivity index (χ1n) is 7.49. The van der Waals surface area contributed by atoms with E-state index in [9.17, 15) is 9.18 Å². The van der Waals surface area contributed by atoms with Gasteiger partial charge in [-0.15, -0.1) is 0 Å². The first-order chi connectivity index (χ1) is 12.2. The lowest BCUT2D eigenvalue weighted by Gasteiger charge is -2.01. The lowest BCUT2D eigenvalue weighted by atomic mass is 10.2. The summed E-state index contributed by atoms with van der Waals surface area (Å²) in [5.74, 6) is 1.07. The standard InChI is InChI=1S/C19H15FN2O3/c1-24-16-8-4-14(5-9-16)19(23)22-21-12-17-10-11-18(25-17)13-2-6-15(20)7-3-13/h2-12H,1H3,(H,22,23)/b21-12-.